The van der Waals surface area contributed by atoms with Gasteiger partial charge in [-0.05, 0) is 54.2 Å². The Balaban J connectivity index is 2.22. The largest absolute Gasteiger partial charge is 0.508 e. The number of nitrogens with one attached hydrogen (secondary N) is 1. The molecule has 0 aliphatic rings. The van der Waals surface area contributed by atoms with E-state index in [1.165, 1.54) is 12.1 Å². The molecular formula is C19H24FNO3PS+. The summed E-state index contributed by atoms with van der Waals surface area (Å²) in [7, 11) is -2.85. The molecule has 1 N–H and O–H groups in total. The summed E-state index contributed by atoms with van der Waals surface area (Å²) in [4.78, 5) is 0. The maximum Gasteiger partial charge on any atom is 0.508 e. The van der Waals surface area contributed by atoms with Crippen molar-refractivity contribution in [2.75, 3.05) is 6.16 Å². The highest BCUT2D eigenvalue weighted by Gasteiger charge is 2.19. The Labute approximate surface area is 157 Å². The van der Waals surface area contributed by atoms with E-state index in [9.17, 15) is 13.2 Å². The molecule has 0 amide bonds. The molecule has 3 atom stereocenters. The molecule has 0 fully saturated rings. The second-order valence-corrected chi connectivity index (χ2v) is 9.44. The van der Waals surface area contributed by atoms with Crippen LogP contribution in [0.25, 0.3) is 0 Å². The summed E-state index contributed by atoms with van der Waals surface area (Å²) in [5.74, 6) is -0.310. The molecule has 2 aromatic carbocycles. The molecule has 0 radical (unpaired) electrons. The molecule has 0 aliphatic heterocycles. The summed E-state index contributed by atoms with van der Waals surface area (Å²) in [5.41, 5.74) is 2.65. The Morgan fingerprint density at radius 3 is 2.12 bits per heavy atom. The molecule has 0 aliphatic carbocycles. The zero-order valence-corrected chi connectivity index (χ0v) is 16.9. The van der Waals surface area contributed by atoms with Gasteiger partial charge in [0.2, 0.25) is 0 Å². The van der Waals surface area contributed by atoms with Crippen LogP contribution in [0.4, 0.5) is 4.39 Å². The summed E-state index contributed by atoms with van der Waals surface area (Å²) in [6.07, 6.45) is 0.491. The van der Waals surface area contributed by atoms with Crippen LogP contribution in [0.5, 0.6) is 0 Å². The van der Waals surface area contributed by atoms with Gasteiger partial charge in [0.05, 0.1) is 17.0 Å². The third kappa shape index (κ3) is 6.06. The van der Waals surface area contributed by atoms with Crippen LogP contribution < -0.4 is 4.72 Å². The SMILES string of the molecule is CC[P+](=O)OCc1ccc([C@@H](NS(=O)C(C)C)c2ccc(F)cc2)cc1. The van der Waals surface area contributed by atoms with Gasteiger partial charge in [0.1, 0.15) is 12.4 Å². The minimum absolute atomic E-state index is 0.0454. The third-order valence-electron chi connectivity index (χ3n) is 3.81. The van der Waals surface area contributed by atoms with Crippen LogP contribution >= 0.6 is 8.03 Å². The minimum atomic E-state index is -1.62. The fourth-order valence-corrected chi connectivity index (χ4v) is 3.53. The average Bonchev–Trinajstić information content (AvgIpc) is 2.65. The molecule has 4 nitrogen and oxygen atoms in total. The summed E-state index contributed by atoms with van der Waals surface area (Å²) in [6.45, 7) is 5.85. The first kappa shape index (κ1) is 20.8. The predicted molar refractivity (Wildman–Crippen MR) is 104 cm³/mol. The first-order chi connectivity index (χ1) is 12.4. The van der Waals surface area contributed by atoms with E-state index in [1.54, 1.807) is 12.1 Å². The van der Waals surface area contributed by atoms with Gasteiger partial charge in [-0.2, -0.15) is 0 Å². The van der Waals surface area contributed by atoms with Gasteiger partial charge in [-0.3, -0.25) is 0 Å². The molecule has 2 unspecified atom stereocenters. The maximum absolute atomic E-state index is 13.3. The van der Waals surface area contributed by atoms with Crippen molar-refractivity contribution in [2.24, 2.45) is 0 Å². The van der Waals surface area contributed by atoms with E-state index in [4.69, 9.17) is 4.52 Å². The van der Waals surface area contributed by atoms with E-state index in [0.29, 0.717) is 6.16 Å². The van der Waals surface area contributed by atoms with Gasteiger partial charge in [0, 0.05) is 5.25 Å². The van der Waals surface area contributed by atoms with Gasteiger partial charge in [-0.25, -0.2) is 13.3 Å². The lowest BCUT2D eigenvalue weighted by Crippen LogP contribution is -2.29. The van der Waals surface area contributed by atoms with Crippen molar-refractivity contribution < 1.29 is 17.7 Å². The van der Waals surface area contributed by atoms with Crippen molar-refractivity contribution in [1.82, 2.24) is 4.72 Å². The van der Waals surface area contributed by atoms with Crippen LogP contribution in [0, 0.1) is 5.82 Å². The molecule has 0 aromatic heterocycles. The second kappa shape index (κ2) is 10.0. The second-order valence-electron chi connectivity index (χ2n) is 6.11. The molecular weight excluding hydrogens is 372 g/mol. The average molecular weight is 396 g/mol. The van der Waals surface area contributed by atoms with Gasteiger partial charge in [0.25, 0.3) is 0 Å². The number of halogens is 1. The zero-order chi connectivity index (χ0) is 19.1. The number of benzene rings is 2. The number of hydrogen-bond donors (Lipinski definition) is 1. The summed E-state index contributed by atoms with van der Waals surface area (Å²) >= 11 is 0. The standard InChI is InChI=1S/C19H24FNO3PS/c1-4-25(22)24-13-15-5-7-16(8-6-15)19(21-26(23)14(2)3)17-9-11-18(20)12-10-17/h5-12,14,19,21H,4,13H2,1-3H3/q+1/t19-,26?/m1/s1. The fourth-order valence-electron chi connectivity index (χ4n) is 2.28. The molecule has 2 aromatic rings. The number of hydrogen-bond acceptors (Lipinski definition) is 3. The molecule has 0 saturated heterocycles. The molecule has 0 bridgehead atoms. The van der Waals surface area contributed by atoms with Crippen LogP contribution in [0.1, 0.15) is 43.5 Å². The van der Waals surface area contributed by atoms with Crippen LogP contribution in [-0.2, 0) is 26.7 Å². The molecule has 0 saturated carbocycles. The van der Waals surface area contributed by atoms with Crippen molar-refractivity contribution in [3.63, 3.8) is 0 Å². The van der Waals surface area contributed by atoms with Crippen molar-refractivity contribution in [2.45, 2.75) is 38.7 Å². The quantitative estimate of drug-likeness (QED) is 0.616. The van der Waals surface area contributed by atoms with E-state index in [1.807, 2.05) is 45.0 Å². The Bertz CT molecular complexity index is 750. The van der Waals surface area contributed by atoms with Crippen molar-refractivity contribution in [3.05, 3.63) is 71.0 Å². The molecule has 0 heterocycles. The first-order valence-corrected chi connectivity index (χ1v) is 11.1. The number of rotatable bonds is 9. The molecule has 140 valence electrons. The van der Waals surface area contributed by atoms with Gasteiger partial charge < -0.3 is 0 Å². The van der Waals surface area contributed by atoms with Gasteiger partial charge in [-0.1, -0.05) is 36.4 Å². The van der Waals surface area contributed by atoms with Gasteiger partial charge in [-0.15, -0.1) is 4.52 Å². The smallest absolute Gasteiger partial charge is 0.243 e. The molecule has 7 heteroatoms. The maximum atomic E-state index is 13.3. The lowest BCUT2D eigenvalue weighted by Gasteiger charge is -2.21. The fraction of sp³-hybridized carbons (Fsp3) is 0.368. The monoisotopic (exact) mass is 396 g/mol. The summed E-state index contributed by atoms with van der Waals surface area (Å²) < 4.78 is 45.4. The Morgan fingerprint density at radius 2 is 1.62 bits per heavy atom. The van der Waals surface area contributed by atoms with Crippen LogP contribution in [0.2, 0.25) is 0 Å². The Kier molecular flexibility index (Phi) is 8.04. The van der Waals surface area contributed by atoms with E-state index < -0.39 is 19.0 Å². The topological polar surface area (TPSA) is 55.4 Å². The van der Waals surface area contributed by atoms with Crippen LogP contribution in [0.3, 0.4) is 0 Å². The van der Waals surface area contributed by atoms with Crippen molar-refractivity contribution >= 4 is 19.0 Å². The van der Waals surface area contributed by atoms with E-state index in [2.05, 4.69) is 4.72 Å². The molecule has 2 rings (SSSR count). The zero-order valence-electron chi connectivity index (χ0n) is 15.1. The summed E-state index contributed by atoms with van der Waals surface area (Å²) in [5, 5.41) is -0.0454. The minimum Gasteiger partial charge on any atom is -0.243 e. The normalized spacial score (nSPS) is 14.3. The molecule has 26 heavy (non-hydrogen) atoms. The van der Waals surface area contributed by atoms with Crippen molar-refractivity contribution in [1.29, 1.82) is 0 Å². The first-order valence-electron chi connectivity index (χ1n) is 8.49. The lowest BCUT2D eigenvalue weighted by atomic mass is 9.99. The highest BCUT2D eigenvalue weighted by atomic mass is 32.2. The highest BCUT2D eigenvalue weighted by Crippen LogP contribution is 2.26. The van der Waals surface area contributed by atoms with E-state index >= 15 is 0 Å². The Hall–Kier alpha value is -1.46. The molecule has 0 spiro atoms. The van der Waals surface area contributed by atoms with E-state index in [0.717, 1.165) is 16.7 Å². The van der Waals surface area contributed by atoms with Gasteiger partial charge >= 0.3 is 8.03 Å². The summed E-state index contributed by atoms with van der Waals surface area (Å²) in [6, 6.07) is 13.5. The highest BCUT2D eigenvalue weighted by molar-refractivity contribution is 7.83. The van der Waals surface area contributed by atoms with Crippen molar-refractivity contribution in [3.8, 4) is 0 Å². The predicted octanol–water partition coefficient (Wildman–Crippen LogP) is 4.86. The van der Waals surface area contributed by atoms with Gasteiger partial charge in [0.15, 0.2) is 6.16 Å². The Morgan fingerprint density at radius 1 is 1.08 bits per heavy atom. The lowest BCUT2D eigenvalue weighted by molar-refractivity contribution is 0.319. The van der Waals surface area contributed by atoms with E-state index in [-0.39, 0.29) is 23.7 Å². The van der Waals surface area contributed by atoms with Crippen LogP contribution in [-0.4, -0.2) is 15.6 Å². The third-order valence-corrected chi connectivity index (χ3v) is 6.07. The van der Waals surface area contributed by atoms with Crippen LogP contribution in [0.15, 0.2) is 48.5 Å².